The van der Waals surface area contributed by atoms with E-state index in [1.807, 2.05) is 19.6 Å². The molecular weight excluding hydrogens is 839 g/mol. The average molecular weight is 859 g/mol. The van der Waals surface area contributed by atoms with E-state index in [1.165, 1.54) is 6.07 Å². The smallest absolute Gasteiger partial charge is 0.382 e. The van der Waals surface area contributed by atoms with Gasteiger partial charge in [-0.15, -0.1) is 5.54 Å². The molecule has 0 saturated carbocycles. The van der Waals surface area contributed by atoms with E-state index in [-0.39, 0.29) is 23.0 Å². The number of carbonyl (C=O) groups is 2. The topological polar surface area (TPSA) is 164 Å². The summed E-state index contributed by atoms with van der Waals surface area (Å²) in [7, 11) is -16.6. The third-order valence-corrected chi connectivity index (χ3v) is 7.24. The first-order valence-corrected chi connectivity index (χ1v) is 23.5. The van der Waals surface area contributed by atoms with Crippen LogP contribution in [0.1, 0.15) is 26.3 Å². The van der Waals surface area contributed by atoms with Crippen LogP contribution in [-0.4, -0.2) is 63.2 Å². The maximum absolute atomic E-state index is 12.3. The fourth-order valence-corrected chi connectivity index (χ4v) is 4.20. The maximum Gasteiger partial charge on any atom is 0.534 e. The molecule has 268 valence electrons. The zero-order valence-electron chi connectivity index (χ0n) is 24.1. The Balaban J connectivity index is 0. The Morgan fingerprint density at radius 3 is 1.33 bits per heavy atom. The van der Waals surface area contributed by atoms with Crippen molar-refractivity contribution >= 4 is 105 Å². The van der Waals surface area contributed by atoms with Gasteiger partial charge in [-0.3, -0.25) is 9.59 Å². The summed E-state index contributed by atoms with van der Waals surface area (Å²) in [4.78, 5) is 21.4. The monoisotopic (exact) mass is 858 g/mol. The highest BCUT2D eigenvalue weighted by atomic mass is 33.1. The number of carbonyl (C=O) groups excluding carboxylic acids is 2. The molecule has 0 aromatic heterocycles. The van der Waals surface area contributed by atoms with Gasteiger partial charge in [-0.05, 0) is 30.3 Å². The van der Waals surface area contributed by atoms with Crippen LogP contribution in [0.5, 0.6) is 17.2 Å². The minimum atomic E-state index is -5.96. The lowest BCUT2D eigenvalue weighted by Gasteiger charge is -2.11. The van der Waals surface area contributed by atoms with Crippen molar-refractivity contribution in [1.29, 1.82) is 0 Å². The van der Waals surface area contributed by atoms with E-state index in [9.17, 15) is 61.2 Å². The summed E-state index contributed by atoms with van der Waals surface area (Å²) in [5.41, 5.74) is -8.44. The van der Waals surface area contributed by atoms with Gasteiger partial charge in [0.2, 0.25) is 0 Å². The zero-order valence-corrected chi connectivity index (χ0v) is 31.7. The van der Waals surface area contributed by atoms with Crippen LogP contribution in [0.2, 0.25) is 19.6 Å². The number of hydrogen-bond acceptors (Lipinski definition) is 15. The molecule has 0 spiro atoms. The Labute approximate surface area is 295 Å². The van der Waals surface area contributed by atoms with E-state index >= 15 is 0 Å². The van der Waals surface area contributed by atoms with Gasteiger partial charge in [-0.25, -0.2) is 0 Å². The number of aldehydes is 2. The minimum absolute atomic E-state index is 0.0326. The van der Waals surface area contributed by atoms with Crippen molar-refractivity contribution in [2.45, 2.75) is 30.7 Å². The average Bonchev–Trinajstić information content (AvgIpc) is 2.90. The van der Waals surface area contributed by atoms with Crippen molar-refractivity contribution < 1.29 is 73.7 Å². The van der Waals surface area contributed by atoms with Crippen molar-refractivity contribution in [3.8, 4) is 28.7 Å². The number of benzene rings is 2. The molecule has 0 unspecified atom stereocenters. The molecule has 2 aromatic rings. The summed E-state index contributed by atoms with van der Waals surface area (Å²) in [6, 6.07) is 5.41. The van der Waals surface area contributed by atoms with Gasteiger partial charge in [0.1, 0.15) is 37.9 Å². The van der Waals surface area contributed by atoms with Crippen LogP contribution in [0.4, 0.5) is 26.3 Å². The molecule has 0 atom stereocenters. The lowest BCUT2D eigenvalue weighted by Crippen LogP contribution is -2.28. The van der Waals surface area contributed by atoms with E-state index < -0.39 is 66.7 Å². The van der Waals surface area contributed by atoms with E-state index in [0.717, 1.165) is 27.1 Å². The Hall–Kier alpha value is -2.51. The van der Waals surface area contributed by atoms with E-state index in [4.69, 9.17) is 0 Å². The van der Waals surface area contributed by atoms with Crippen LogP contribution in [0.3, 0.4) is 0 Å². The third kappa shape index (κ3) is 18.9. The molecule has 0 fully saturated rings. The van der Waals surface area contributed by atoms with E-state index in [1.54, 1.807) is 0 Å². The molecule has 48 heavy (non-hydrogen) atoms. The molecule has 26 heteroatoms. The fraction of sp³-hybridized carbons (Fsp3) is 0.273. The molecule has 0 N–H and O–H groups in total. The second-order valence-corrected chi connectivity index (χ2v) is 20.3. The summed E-state index contributed by atoms with van der Waals surface area (Å²) < 4.78 is 151. The Kier molecular flexibility index (Phi) is 19.5. The molecule has 0 aliphatic carbocycles. The fourth-order valence-electron chi connectivity index (χ4n) is 2.35. The van der Waals surface area contributed by atoms with Gasteiger partial charge in [0.15, 0.2) is 0 Å². The highest BCUT2D eigenvalue weighted by Gasteiger charge is 2.49. The summed E-state index contributed by atoms with van der Waals surface area (Å²) in [5.74, 6) is 0.616. The molecule has 0 heterocycles. The Bertz CT molecular complexity index is 1880. The molecule has 0 aliphatic heterocycles. The van der Waals surface area contributed by atoms with Gasteiger partial charge in [0, 0.05) is 76.4 Å². The van der Waals surface area contributed by atoms with Crippen molar-refractivity contribution in [2.75, 3.05) is 6.26 Å². The van der Waals surface area contributed by atoms with Crippen LogP contribution < -0.4 is 12.5 Å². The highest BCUT2D eigenvalue weighted by molar-refractivity contribution is 8.37. The minimum Gasteiger partial charge on any atom is -0.382 e. The summed E-state index contributed by atoms with van der Waals surface area (Å²) in [6.07, 6.45) is 1.16. The van der Waals surface area contributed by atoms with Gasteiger partial charge in [-0.1, -0.05) is 25.6 Å². The maximum atomic E-state index is 12.3. The van der Waals surface area contributed by atoms with E-state index in [0.29, 0.717) is 24.7 Å². The first kappa shape index (κ1) is 47.6. The first-order chi connectivity index (χ1) is 21.6. The predicted octanol–water partition coefficient (Wildman–Crippen LogP) is 4.01. The molecule has 0 bridgehead atoms. The SMILES string of the molecule is CS(=O)(=O)Oc1cc(C=O)cc(OS(=O)(=O)C(F)(F)F)c1.C[Si](C)(C)C#Cc1cc(C=O)cc(OS(=O)(=O)C(F)(F)F)c1.S=S.S=S=S. The van der Waals surface area contributed by atoms with Gasteiger partial charge < -0.3 is 12.5 Å². The third-order valence-electron chi connectivity index (χ3n) is 3.91. The van der Waals surface area contributed by atoms with Crippen LogP contribution in [0, 0.1) is 11.5 Å². The molecular formula is C22H20F6O11S8Si. The zero-order chi connectivity index (χ0) is 38.4. The number of alkyl halides is 6. The highest BCUT2D eigenvalue weighted by Crippen LogP contribution is 2.30. The van der Waals surface area contributed by atoms with Crippen LogP contribution in [-0.2, 0) is 84.0 Å². The molecule has 11 nitrogen and oxygen atoms in total. The number of rotatable bonds is 8. The lowest BCUT2D eigenvalue weighted by molar-refractivity contribution is -0.0504. The van der Waals surface area contributed by atoms with E-state index in [2.05, 4.69) is 68.8 Å². The van der Waals surface area contributed by atoms with Crippen molar-refractivity contribution in [1.82, 2.24) is 0 Å². The molecule has 2 rings (SSSR count). The van der Waals surface area contributed by atoms with Crippen molar-refractivity contribution in [3.05, 3.63) is 53.1 Å². The Morgan fingerprint density at radius 2 is 1.02 bits per heavy atom. The Morgan fingerprint density at radius 1 is 0.688 bits per heavy atom. The second kappa shape index (κ2) is 19.6. The van der Waals surface area contributed by atoms with Gasteiger partial charge >= 0.3 is 41.4 Å². The molecule has 0 radical (unpaired) electrons. The quantitative estimate of drug-likeness (QED) is 0.0934. The van der Waals surface area contributed by atoms with Crippen molar-refractivity contribution in [3.63, 3.8) is 0 Å². The van der Waals surface area contributed by atoms with Crippen molar-refractivity contribution in [2.24, 2.45) is 0 Å². The summed E-state index contributed by atoms with van der Waals surface area (Å²) >= 11 is 15.6. The van der Waals surface area contributed by atoms with Crippen LogP contribution in [0.25, 0.3) is 0 Å². The standard InChI is InChI=1S/C13H13F3O4SSi.C9H7F3O7S2.S3.S2/c1-22(2,3)5-4-10-6-11(9-17)8-12(7-10)20-21(18,19)13(14,15)16;1-20(14,15)18-7-2-6(5-13)3-8(4-7)19-21(16,17)9(10,11)12;1-3-2;1-2/h6-9H,1-3H3;2-5H,1H3;;. The molecule has 2 aromatic carbocycles. The number of halogens is 6. The van der Waals surface area contributed by atoms with Crippen LogP contribution >= 0.6 is 0 Å². The first-order valence-electron chi connectivity index (χ1n) is 11.3. The molecule has 0 amide bonds. The predicted molar refractivity (Wildman–Crippen MR) is 177 cm³/mol. The van der Waals surface area contributed by atoms with Gasteiger partial charge in [0.25, 0.3) is 0 Å². The summed E-state index contributed by atoms with van der Waals surface area (Å²) in [5, 5.41) is 0. The van der Waals surface area contributed by atoms with Crippen LogP contribution in [0.15, 0.2) is 36.4 Å². The largest absolute Gasteiger partial charge is 0.534 e. The van der Waals surface area contributed by atoms with Gasteiger partial charge in [-0.2, -0.15) is 51.6 Å². The second-order valence-electron chi connectivity index (χ2n) is 9.09. The summed E-state index contributed by atoms with van der Waals surface area (Å²) in [6.45, 7) is 5.86. The molecule has 0 aliphatic rings. The number of hydrogen-bond donors (Lipinski definition) is 0. The molecule has 0 saturated heterocycles. The normalized spacial score (nSPS) is 11.5. The van der Waals surface area contributed by atoms with Gasteiger partial charge in [0.05, 0.1) is 6.26 Å². The lowest BCUT2D eigenvalue weighted by atomic mass is 10.1.